The van der Waals surface area contributed by atoms with Crippen molar-refractivity contribution in [3.63, 3.8) is 0 Å². The van der Waals surface area contributed by atoms with Gasteiger partial charge in [0, 0.05) is 0 Å². The Bertz CT molecular complexity index is 1910. The Morgan fingerprint density at radius 1 is 0.660 bits per heavy atom. The van der Waals surface area contributed by atoms with Gasteiger partial charge in [0.2, 0.25) is 0 Å². The van der Waals surface area contributed by atoms with E-state index < -0.39 is 0 Å². The third-order valence-corrected chi connectivity index (χ3v) is 8.50. The number of benzene rings is 4. The molecule has 246 valence electrons. The van der Waals surface area contributed by atoms with Gasteiger partial charge < -0.3 is 24.8 Å². The quantitative estimate of drug-likeness (QED) is 0.136. The molecule has 0 saturated carbocycles. The maximum Gasteiger partial charge on any atom is -0.0132 e. The van der Waals surface area contributed by atoms with Crippen molar-refractivity contribution in [3.8, 4) is 22.3 Å². The van der Waals surface area contributed by atoms with E-state index in [-0.39, 0.29) is 35.7 Å². The Balaban J connectivity index is 0.000000283. The third kappa shape index (κ3) is 10.1. The van der Waals surface area contributed by atoms with Crippen LogP contribution in [0.15, 0.2) is 97.1 Å². The molecule has 6 aromatic carbocycles. The normalized spacial score (nSPS) is 10.9. The molecule has 0 atom stereocenters. The molecule has 0 nitrogen and oxygen atoms in total. The van der Waals surface area contributed by atoms with Gasteiger partial charge in [-0.1, -0.05) is 114 Å². The first-order chi connectivity index (χ1) is 21.2. The molecule has 0 aliphatic heterocycles. The van der Waals surface area contributed by atoms with Crippen LogP contribution in [-0.2, 0) is 28.8 Å². The van der Waals surface area contributed by atoms with Crippen molar-refractivity contribution >= 4 is 27.0 Å². The van der Waals surface area contributed by atoms with Crippen LogP contribution in [0, 0.1) is 27.7 Å². The summed E-state index contributed by atoms with van der Waals surface area (Å²) < 4.78 is 0. The average molecular weight is 757 g/mol. The van der Waals surface area contributed by atoms with Crippen LogP contribution in [0.25, 0.3) is 43.8 Å². The zero-order chi connectivity index (χ0) is 33.1. The van der Waals surface area contributed by atoms with Crippen molar-refractivity contribution in [2.24, 2.45) is 0 Å². The Hall–Kier alpha value is -2.22. The third-order valence-electron chi connectivity index (χ3n) is 8.50. The summed E-state index contributed by atoms with van der Waals surface area (Å²) in [6, 6.07) is 36.0. The molecule has 0 aliphatic carbocycles. The van der Waals surface area contributed by atoms with Gasteiger partial charge in [-0.25, -0.2) is 0 Å². The first kappa shape index (κ1) is 41.0. The maximum absolute atomic E-state index is 2.36. The Morgan fingerprint density at radius 2 is 1.23 bits per heavy atom. The van der Waals surface area contributed by atoms with Crippen LogP contribution in [0.2, 0.25) is 13.1 Å². The number of rotatable bonds is 3. The standard InChI is InChI=1S/C21H23.C20H21.C2H6Si.2ClH.Zr/c1-14-12-19-15(2)6-11-18(20(19)13-14)16-7-9-17(10-8-16)21(3,4)5;1-13(2)17-11-16-9-6-10-18(19(16)12-17)20-14(3)7-5-8-15(20)4;1-3-2;;;/h6-13H,1-5H3;5-13H,1-4H3;1-2H3;2*1H;/q2*-1;;;;+2/p-2. The zero-order valence-corrected chi connectivity index (χ0v) is 35.0. The monoisotopic (exact) mass is 754 g/mol. The fourth-order valence-corrected chi connectivity index (χ4v) is 6.04. The average Bonchev–Trinajstić information content (AvgIpc) is 3.58. The minimum Gasteiger partial charge on any atom is -1.00 e. The van der Waals surface area contributed by atoms with E-state index in [0.717, 1.165) is 0 Å². The molecule has 0 amide bonds. The topological polar surface area (TPSA) is 0 Å². The second-order valence-electron chi connectivity index (χ2n) is 14.1. The van der Waals surface area contributed by atoms with E-state index >= 15 is 0 Å². The molecule has 0 saturated heterocycles. The largest absolute Gasteiger partial charge is 1.00 e. The van der Waals surface area contributed by atoms with Crippen LogP contribution >= 0.6 is 0 Å². The van der Waals surface area contributed by atoms with E-state index in [1.54, 1.807) is 23.3 Å². The molecule has 0 unspecified atom stereocenters. The molecular weight excluding hydrogens is 707 g/mol. The minimum absolute atomic E-state index is 0. The molecule has 0 N–H and O–H groups in total. The van der Waals surface area contributed by atoms with Crippen molar-refractivity contribution in [1.29, 1.82) is 0 Å². The van der Waals surface area contributed by atoms with E-state index in [4.69, 9.17) is 0 Å². The molecule has 0 bridgehead atoms. The molecule has 0 heterocycles. The van der Waals surface area contributed by atoms with Crippen LogP contribution in [0.1, 0.15) is 73.9 Å². The molecule has 0 aromatic heterocycles. The van der Waals surface area contributed by atoms with Crippen LogP contribution in [0.4, 0.5) is 0 Å². The van der Waals surface area contributed by atoms with Gasteiger partial charge in [0.1, 0.15) is 0 Å². The summed E-state index contributed by atoms with van der Waals surface area (Å²) >= 11 is 1.74. The number of fused-ring (bicyclic) bond motifs is 2. The maximum atomic E-state index is 2.36. The molecule has 6 rings (SSSR count). The SMILES string of the molecule is C[Si](C)=[Zr+2].Cc1cc2c(-c3ccc(C(C)(C)C)cc3)ccc(C)c2[cH-]1.Cc1cccc(C)c1-c1cccc2[cH-]c(C(C)C)cc12.[Cl-].[Cl-]. The van der Waals surface area contributed by atoms with Gasteiger partial charge in [-0.3, -0.25) is 0 Å². The number of halogens is 2. The van der Waals surface area contributed by atoms with Gasteiger partial charge >= 0.3 is 41.9 Å². The second-order valence-corrected chi connectivity index (χ2v) is 23.5. The first-order valence-corrected chi connectivity index (χ1v) is 22.4. The molecule has 0 radical (unpaired) electrons. The molecular formula is C43H50Cl2SiZr-2. The fraction of sp³-hybridized carbons (Fsp3) is 0.302. The molecule has 47 heavy (non-hydrogen) atoms. The zero-order valence-electron chi connectivity index (χ0n) is 30.1. The first-order valence-electron chi connectivity index (χ1n) is 16.2. The van der Waals surface area contributed by atoms with E-state index in [1.807, 2.05) is 0 Å². The van der Waals surface area contributed by atoms with Gasteiger partial charge in [0.25, 0.3) is 0 Å². The summed E-state index contributed by atoms with van der Waals surface area (Å²) in [5.74, 6) is 0.577. The van der Waals surface area contributed by atoms with Gasteiger partial charge in [-0.2, -0.15) is 12.1 Å². The van der Waals surface area contributed by atoms with Crippen molar-refractivity contribution in [2.45, 2.75) is 86.7 Å². The summed E-state index contributed by atoms with van der Waals surface area (Å²) in [5, 5.41) is 5.49. The number of aryl methyl sites for hydroxylation is 4. The van der Waals surface area contributed by atoms with E-state index in [1.165, 1.54) is 77.2 Å². The van der Waals surface area contributed by atoms with E-state index in [2.05, 4.69) is 172 Å². The molecule has 6 aromatic rings. The number of hydrogen-bond donors (Lipinski definition) is 0. The van der Waals surface area contributed by atoms with Crippen molar-refractivity contribution in [2.75, 3.05) is 0 Å². The minimum atomic E-state index is 0. The van der Waals surface area contributed by atoms with E-state index in [0.29, 0.717) is 5.92 Å². The Kier molecular flexibility index (Phi) is 15.2. The predicted molar refractivity (Wildman–Crippen MR) is 199 cm³/mol. The summed E-state index contributed by atoms with van der Waals surface area (Å²) in [6.07, 6.45) is 0. The molecule has 0 fully saturated rings. The molecule has 0 aliphatic rings. The summed E-state index contributed by atoms with van der Waals surface area (Å²) in [5.41, 5.74) is 14.0. The van der Waals surface area contributed by atoms with Crippen LogP contribution in [0.5, 0.6) is 0 Å². The van der Waals surface area contributed by atoms with Gasteiger partial charge in [-0.15, -0.1) is 68.6 Å². The van der Waals surface area contributed by atoms with Crippen molar-refractivity contribution in [1.82, 2.24) is 0 Å². The van der Waals surface area contributed by atoms with Crippen LogP contribution < -0.4 is 24.8 Å². The Labute approximate surface area is 312 Å². The fourth-order valence-electron chi connectivity index (χ4n) is 6.04. The van der Waals surface area contributed by atoms with Crippen LogP contribution in [0.3, 0.4) is 0 Å². The van der Waals surface area contributed by atoms with Gasteiger partial charge in [0.05, 0.1) is 0 Å². The van der Waals surface area contributed by atoms with Crippen molar-refractivity contribution in [3.05, 3.63) is 130 Å². The summed E-state index contributed by atoms with van der Waals surface area (Å²) in [6.45, 7) is 24.7. The molecule has 4 heteroatoms. The predicted octanol–water partition coefficient (Wildman–Crippen LogP) is 6.90. The smallest absolute Gasteiger partial charge is 0.0132 e. The Morgan fingerprint density at radius 3 is 1.79 bits per heavy atom. The van der Waals surface area contributed by atoms with Crippen LogP contribution in [-0.4, -0.2) is 5.43 Å². The summed E-state index contributed by atoms with van der Waals surface area (Å²) in [7, 11) is 0. The second kappa shape index (κ2) is 17.4. The van der Waals surface area contributed by atoms with Gasteiger partial charge in [-0.05, 0) is 53.0 Å². The van der Waals surface area contributed by atoms with Crippen molar-refractivity contribution < 1.29 is 48.1 Å². The van der Waals surface area contributed by atoms with Gasteiger partial charge in [0.15, 0.2) is 0 Å². The summed E-state index contributed by atoms with van der Waals surface area (Å²) in [4.78, 5) is 0. The van der Waals surface area contributed by atoms with E-state index in [9.17, 15) is 0 Å². The molecule has 0 spiro atoms. The number of hydrogen-bond acceptors (Lipinski definition) is 0.